The Hall–Kier alpha value is -0.830. The van der Waals surface area contributed by atoms with Gasteiger partial charge in [0, 0.05) is 25.0 Å². The molecule has 0 saturated carbocycles. The van der Waals surface area contributed by atoms with Gasteiger partial charge in [0.25, 0.3) is 0 Å². The van der Waals surface area contributed by atoms with Crippen LogP contribution in [0.5, 0.6) is 0 Å². The predicted octanol–water partition coefficient (Wildman–Crippen LogP) is 3.74. The normalized spacial score (nSPS) is 12.8. The Kier molecular flexibility index (Phi) is 7.74. The third kappa shape index (κ3) is 5.21. The lowest BCUT2D eigenvalue weighted by Gasteiger charge is -2.18. The zero-order valence-electron chi connectivity index (χ0n) is 12.3. The summed E-state index contributed by atoms with van der Waals surface area (Å²) in [6, 6.07) is 0.654. The van der Waals surface area contributed by atoms with E-state index < -0.39 is 0 Å². The van der Waals surface area contributed by atoms with Crippen molar-refractivity contribution in [1.29, 1.82) is 0 Å². The molecular weight excluding hydrogens is 222 g/mol. The first kappa shape index (κ1) is 15.2. The predicted molar refractivity (Wildman–Crippen MR) is 77.6 cm³/mol. The fourth-order valence-electron chi connectivity index (χ4n) is 2.33. The van der Waals surface area contributed by atoms with Crippen molar-refractivity contribution in [2.75, 3.05) is 0 Å². The van der Waals surface area contributed by atoms with E-state index in [1.807, 2.05) is 6.20 Å². The minimum Gasteiger partial charge on any atom is -0.334 e. The minimum absolute atomic E-state index is 0.654. The summed E-state index contributed by atoms with van der Waals surface area (Å²) in [6.07, 6.45) is 11.6. The number of unbranched alkanes of at least 4 members (excludes halogenated alkanes) is 1. The lowest BCUT2D eigenvalue weighted by atomic mass is 10.1. The molecular formula is C15H29N3. The second-order valence-corrected chi connectivity index (χ2v) is 5.05. The van der Waals surface area contributed by atoms with Gasteiger partial charge in [-0.3, -0.25) is 0 Å². The average Bonchev–Trinajstić information content (AvgIpc) is 2.81. The maximum Gasteiger partial charge on any atom is 0.122 e. The van der Waals surface area contributed by atoms with Crippen LogP contribution in [0.25, 0.3) is 0 Å². The molecule has 3 heteroatoms. The van der Waals surface area contributed by atoms with E-state index in [1.54, 1.807) is 0 Å². The number of hydrogen-bond donors (Lipinski definition) is 1. The van der Waals surface area contributed by atoms with E-state index in [-0.39, 0.29) is 0 Å². The molecule has 1 aromatic heterocycles. The molecule has 3 nitrogen and oxygen atoms in total. The van der Waals surface area contributed by atoms with Crippen LogP contribution in [0.15, 0.2) is 12.4 Å². The lowest BCUT2D eigenvalue weighted by molar-refractivity contribution is 0.423. The molecule has 0 radical (unpaired) electrons. The SMILES string of the molecule is CCCCC(CCC)NCc1nccn1CCC. The standard InChI is InChI=1S/C15H29N3/c1-4-7-9-14(8-5-2)17-13-15-16-10-12-18(15)11-6-3/h10,12,14,17H,4-9,11,13H2,1-3H3. The van der Waals surface area contributed by atoms with Gasteiger partial charge in [0.2, 0.25) is 0 Å². The second-order valence-electron chi connectivity index (χ2n) is 5.05. The molecule has 1 heterocycles. The van der Waals surface area contributed by atoms with Gasteiger partial charge in [-0.05, 0) is 19.3 Å². The van der Waals surface area contributed by atoms with Crippen molar-refractivity contribution in [1.82, 2.24) is 14.9 Å². The molecule has 1 unspecified atom stereocenters. The zero-order chi connectivity index (χ0) is 13.2. The minimum atomic E-state index is 0.654. The fraction of sp³-hybridized carbons (Fsp3) is 0.800. The molecule has 0 aliphatic rings. The van der Waals surface area contributed by atoms with E-state index in [0.717, 1.165) is 19.5 Å². The van der Waals surface area contributed by atoms with E-state index in [4.69, 9.17) is 0 Å². The van der Waals surface area contributed by atoms with Gasteiger partial charge in [0.1, 0.15) is 5.82 Å². The number of nitrogens with zero attached hydrogens (tertiary/aromatic N) is 2. The van der Waals surface area contributed by atoms with Crippen LogP contribution in [0.4, 0.5) is 0 Å². The Morgan fingerprint density at radius 2 is 2.00 bits per heavy atom. The van der Waals surface area contributed by atoms with Crippen molar-refractivity contribution in [2.24, 2.45) is 0 Å². The first-order valence-electron chi connectivity index (χ1n) is 7.55. The molecule has 0 fully saturated rings. The van der Waals surface area contributed by atoms with Crippen LogP contribution in [0.1, 0.15) is 65.1 Å². The van der Waals surface area contributed by atoms with Crippen LogP contribution in [-0.4, -0.2) is 15.6 Å². The molecule has 1 rings (SSSR count). The van der Waals surface area contributed by atoms with Gasteiger partial charge < -0.3 is 9.88 Å². The van der Waals surface area contributed by atoms with Gasteiger partial charge in [0.15, 0.2) is 0 Å². The third-order valence-electron chi connectivity index (χ3n) is 3.36. The van der Waals surface area contributed by atoms with Gasteiger partial charge in [-0.15, -0.1) is 0 Å². The van der Waals surface area contributed by atoms with Crippen molar-refractivity contribution in [3.05, 3.63) is 18.2 Å². The number of nitrogens with one attached hydrogen (secondary N) is 1. The van der Waals surface area contributed by atoms with Crippen LogP contribution in [0.2, 0.25) is 0 Å². The van der Waals surface area contributed by atoms with E-state index in [9.17, 15) is 0 Å². The molecule has 0 saturated heterocycles. The number of rotatable bonds is 10. The smallest absolute Gasteiger partial charge is 0.122 e. The van der Waals surface area contributed by atoms with E-state index in [2.05, 4.69) is 41.8 Å². The number of aromatic nitrogens is 2. The molecule has 0 aromatic carbocycles. The molecule has 1 aromatic rings. The van der Waals surface area contributed by atoms with Crippen molar-refractivity contribution >= 4 is 0 Å². The van der Waals surface area contributed by atoms with Gasteiger partial charge in [0.05, 0.1) is 6.54 Å². The fourth-order valence-corrected chi connectivity index (χ4v) is 2.33. The molecule has 1 atom stereocenters. The van der Waals surface area contributed by atoms with Gasteiger partial charge >= 0.3 is 0 Å². The molecule has 0 spiro atoms. The summed E-state index contributed by atoms with van der Waals surface area (Å²) in [5.41, 5.74) is 0. The van der Waals surface area contributed by atoms with Gasteiger partial charge in [-0.25, -0.2) is 4.98 Å². The summed E-state index contributed by atoms with van der Waals surface area (Å²) in [5.74, 6) is 1.18. The summed E-state index contributed by atoms with van der Waals surface area (Å²) in [4.78, 5) is 4.45. The second kappa shape index (κ2) is 9.15. The number of imidazole rings is 1. The van der Waals surface area contributed by atoms with E-state index >= 15 is 0 Å². The third-order valence-corrected chi connectivity index (χ3v) is 3.36. The summed E-state index contributed by atoms with van der Waals surface area (Å²) < 4.78 is 2.26. The van der Waals surface area contributed by atoms with Crippen LogP contribution in [-0.2, 0) is 13.1 Å². The van der Waals surface area contributed by atoms with Crippen LogP contribution in [0.3, 0.4) is 0 Å². The van der Waals surface area contributed by atoms with Gasteiger partial charge in [-0.2, -0.15) is 0 Å². The van der Waals surface area contributed by atoms with Crippen LogP contribution in [0, 0.1) is 0 Å². The number of hydrogen-bond acceptors (Lipinski definition) is 2. The summed E-state index contributed by atoms with van der Waals surface area (Å²) in [7, 11) is 0. The van der Waals surface area contributed by atoms with Crippen molar-refractivity contribution in [2.45, 2.75) is 78.4 Å². The Balaban J connectivity index is 2.42. The monoisotopic (exact) mass is 251 g/mol. The number of aryl methyl sites for hydroxylation is 1. The quantitative estimate of drug-likeness (QED) is 0.686. The first-order chi connectivity index (χ1) is 8.81. The Morgan fingerprint density at radius 3 is 2.67 bits per heavy atom. The Bertz CT molecular complexity index is 306. The molecule has 104 valence electrons. The maximum atomic E-state index is 4.45. The largest absolute Gasteiger partial charge is 0.334 e. The highest BCUT2D eigenvalue weighted by Gasteiger charge is 2.08. The first-order valence-corrected chi connectivity index (χ1v) is 7.55. The molecule has 0 bridgehead atoms. The summed E-state index contributed by atoms with van der Waals surface area (Å²) in [6.45, 7) is 8.71. The highest BCUT2D eigenvalue weighted by molar-refractivity contribution is 4.92. The topological polar surface area (TPSA) is 29.9 Å². The van der Waals surface area contributed by atoms with E-state index in [0.29, 0.717) is 6.04 Å². The van der Waals surface area contributed by atoms with Crippen molar-refractivity contribution < 1.29 is 0 Å². The summed E-state index contributed by atoms with van der Waals surface area (Å²) in [5, 5.41) is 3.67. The summed E-state index contributed by atoms with van der Waals surface area (Å²) >= 11 is 0. The van der Waals surface area contributed by atoms with E-state index in [1.165, 1.54) is 37.9 Å². The van der Waals surface area contributed by atoms with Crippen LogP contribution >= 0.6 is 0 Å². The molecule has 0 amide bonds. The maximum absolute atomic E-state index is 4.45. The average molecular weight is 251 g/mol. The van der Waals surface area contributed by atoms with Crippen molar-refractivity contribution in [3.63, 3.8) is 0 Å². The van der Waals surface area contributed by atoms with Crippen LogP contribution < -0.4 is 5.32 Å². The molecule has 18 heavy (non-hydrogen) atoms. The lowest BCUT2D eigenvalue weighted by Crippen LogP contribution is -2.29. The Morgan fingerprint density at radius 1 is 1.17 bits per heavy atom. The molecule has 0 aliphatic carbocycles. The zero-order valence-corrected chi connectivity index (χ0v) is 12.3. The highest BCUT2D eigenvalue weighted by Crippen LogP contribution is 2.08. The Labute approximate surface area is 112 Å². The molecule has 0 aliphatic heterocycles. The molecule has 1 N–H and O–H groups in total. The highest BCUT2D eigenvalue weighted by atomic mass is 15.1. The van der Waals surface area contributed by atoms with Crippen molar-refractivity contribution in [3.8, 4) is 0 Å². The van der Waals surface area contributed by atoms with Gasteiger partial charge in [-0.1, -0.05) is 40.0 Å².